The first-order valence-electron chi connectivity index (χ1n) is 9.99. The molecule has 0 spiro atoms. The smallest absolute Gasteiger partial charge is 0.355 e. The molecule has 0 radical (unpaired) electrons. The van der Waals surface area contributed by atoms with Crippen LogP contribution in [-0.2, 0) is 23.2 Å². The SMILES string of the molecule is CNC(=O)c1ccc(-c2nc3cc(NS(=O)(=O)c4cccc(C(F)(F)F)c4)ccc3n2C)cc1. The average Bonchev–Trinajstić information content (AvgIpc) is 3.13. The summed E-state index contributed by atoms with van der Waals surface area (Å²) in [5.41, 5.74) is 1.55. The predicted octanol–water partition coefficient (Wildman–Crippen LogP) is 4.42. The number of aromatic nitrogens is 2. The van der Waals surface area contributed by atoms with E-state index in [4.69, 9.17) is 0 Å². The zero-order valence-corrected chi connectivity index (χ0v) is 18.8. The van der Waals surface area contributed by atoms with Crippen LogP contribution in [0.25, 0.3) is 22.4 Å². The standard InChI is InChI=1S/C23H19F3N4O3S/c1-27-22(31)15-8-6-14(7-9-15)21-28-19-13-17(10-11-20(19)30(21)2)29-34(32,33)18-5-3-4-16(12-18)23(24,25)26/h3-13,29H,1-2H3,(H,27,31). The number of sulfonamides is 1. The first kappa shape index (κ1) is 23.3. The van der Waals surface area contributed by atoms with E-state index in [1.54, 1.807) is 44.4 Å². The molecule has 1 aromatic heterocycles. The lowest BCUT2D eigenvalue weighted by Crippen LogP contribution is -2.17. The Balaban J connectivity index is 1.65. The van der Waals surface area contributed by atoms with Gasteiger partial charge in [0.25, 0.3) is 15.9 Å². The van der Waals surface area contributed by atoms with Crippen LogP contribution in [0.1, 0.15) is 15.9 Å². The van der Waals surface area contributed by atoms with Crippen LogP contribution in [0.15, 0.2) is 71.6 Å². The third-order valence-corrected chi connectivity index (χ3v) is 6.62. The number of benzene rings is 3. The second-order valence-electron chi connectivity index (χ2n) is 7.49. The van der Waals surface area contributed by atoms with Crippen LogP contribution in [0.3, 0.4) is 0 Å². The van der Waals surface area contributed by atoms with E-state index < -0.39 is 26.7 Å². The number of nitrogens with one attached hydrogen (secondary N) is 2. The van der Waals surface area contributed by atoms with E-state index in [-0.39, 0.29) is 11.6 Å². The van der Waals surface area contributed by atoms with Crippen molar-refractivity contribution in [3.63, 3.8) is 0 Å². The van der Waals surface area contributed by atoms with Crippen LogP contribution in [-0.4, -0.2) is 30.9 Å². The van der Waals surface area contributed by atoms with Crippen LogP contribution in [0.2, 0.25) is 0 Å². The number of rotatable bonds is 5. The minimum absolute atomic E-state index is 0.157. The van der Waals surface area contributed by atoms with Crippen molar-refractivity contribution in [1.29, 1.82) is 0 Å². The molecule has 4 rings (SSSR count). The third kappa shape index (κ3) is 4.46. The van der Waals surface area contributed by atoms with Gasteiger partial charge in [-0.2, -0.15) is 13.2 Å². The Bertz CT molecular complexity index is 1490. The summed E-state index contributed by atoms with van der Waals surface area (Å²) < 4.78 is 68.4. The summed E-state index contributed by atoms with van der Waals surface area (Å²) in [4.78, 5) is 15.8. The fourth-order valence-electron chi connectivity index (χ4n) is 3.49. The predicted molar refractivity (Wildman–Crippen MR) is 122 cm³/mol. The second kappa shape index (κ2) is 8.49. The van der Waals surface area contributed by atoms with E-state index in [1.165, 1.54) is 12.1 Å². The minimum atomic E-state index is -4.66. The normalized spacial score (nSPS) is 12.0. The number of fused-ring (bicyclic) bond motifs is 1. The van der Waals surface area contributed by atoms with Gasteiger partial charge in [0.05, 0.1) is 27.2 Å². The molecule has 34 heavy (non-hydrogen) atoms. The van der Waals surface area contributed by atoms with Gasteiger partial charge in [-0.3, -0.25) is 9.52 Å². The first-order valence-corrected chi connectivity index (χ1v) is 11.5. The molecule has 0 saturated heterocycles. The molecule has 0 aliphatic heterocycles. The highest BCUT2D eigenvalue weighted by atomic mass is 32.2. The third-order valence-electron chi connectivity index (χ3n) is 5.24. The van der Waals surface area contributed by atoms with Gasteiger partial charge >= 0.3 is 6.18 Å². The van der Waals surface area contributed by atoms with Gasteiger partial charge in [0.15, 0.2) is 0 Å². The van der Waals surface area contributed by atoms with Crippen molar-refractivity contribution in [2.45, 2.75) is 11.1 Å². The molecule has 0 fully saturated rings. The van der Waals surface area contributed by atoms with Gasteiger partial charge in [0.2, 0.25) is 0 Å². The maximum Gasteiger partial charge on any atom is 0.416 e. The molecular formula is C23H19F3N4O3S. The number of alkyl halides is 3. The molecular weight excluding hydrogens is 469 g/mol. The molecule has 1 heterocycles. The molecule has 176 valence electrons. The van der Waals surface area contributed by atoms with Crippen LogP contribution in [0.5, 0.6) is 0 Å². The monoisotopic (exact) mass is 488 g/mol. The maximum atomic E-state index is 13.0. The lowest BCUT2D eigenvalue weighted by molar-refractivity contribution is -0.137. The lowest BCUT2D eigenvalue weighted by Gasteiger charge is -2.11. The number of hydrogen-bond acceptors (Lipinski definition) is 4. The Morgan fingerprint density at radius 3 is 2.35 bits per heavy atom. The maximum absolute atomic E-state index is 13.0. The number of amides is 1. The van der Waals surface area contributed by atoms with Crippen molar-refractivity contribution in [3.05, 3.63) is 77.9 Å². The Hall–Kier alpha value is -3.86. The summed E-state index contributed by atoms with van der Waals surface area (Å²) in [6.45, 7) is 0. The van der Waals surface area contributed by atoms with Gasteiger partial charge in [-0.25, -0.2) is 13.4 Å². The zero-order chi connectivity index (χ0) is 24.7. The van der Waals surface area contributed by atoms with E-state index in [0.717, 1.165) is 23.8 Å². The topological polar surface area (TPSA) is 93.1 Å². The number of carbonyl (C=O) groups is 1. The van der Waals surface area contributed by atoms with E-state index in [2.05, 4.69) is 15.0 Å². The summed E-state index contributed by atoms with van der Waals surface area (Å²) in [5, 5.41) is 2.55. The fourth-order valence-corrected chi connectivity index (χ4v) is 4.59. The number of aryl methyl sites for hydroxylation is 1. The quantitative estimate of drug-likeness (QED) is 0.435. The Labute approximate surface area is 193 Å². The minimum Gasteiger partial charge on any atom is -0.355 e. The highest BCUT2D eigenvalue weighted by molar-refractivity contribution is 7.92. The molecule has 1 amide bonds. The summed E-state index contributed by atoms with van der Waals surface area (Å²) >= 11 is 0. The molecule has 0 bridgehead atoms. The number of halogens is 3. The van der Waals surface area contributed by atoms with E-state index in [1.807, 2.05) is 4.57 Å². The molecule has 11 heteroatoms. The van der Waals surface area contributed by atoms with Gasteiger partial charge < -0.3 is 9.88 Å². The van der Waals surface area contributed by atoms with Gasteiger partial charge in [-0.05, 0) is 48.5 Å². The molecule has 4 aromatic rings. The van der Waals surface area contributed by atoms with E-state index in [9.17, 15) is 26.4 Å². The van der Waals surface area contributed by atoms with E-state index >= 15 is 0 Å². The van der Waals surface area contributed by atoms with Crippen molar-refractivity contribution in [1.82, 2.24) is 14.9 Å². The second-order valence-corrected chi connectivity index (χ2v) is 9.17. The molecule has 0 atom stereocenters. The molecule has 2 N–H and O–H groups in total. The Kier molecular flexibility index (Phi) is 5.82. The largest absolute Gasteiger partial charge is 0.416 e. The fraction of sp³-hybridized carbons (Fsp3) is 0.130. The van der Waals surface area contributed by atoms with Crippen molar-refractivity contribution < 1.29 is 26.4 Å². The Morgan fingerprint density at radius 1 is 1.00 bits per heavy atom. The highest BCUT2D eigenvalue weighted by Crippen LogP contribution is 2.31. The van der Waals surface area contributed by atoms with Crippen LogP contribution in [0, 0.1) is 0 Å². The van der Waals surface area contributed by atoms with Crippen molar-refractivity contribution in [2.75, 3.05) is 11.8 Å². The summed E-state index contributed by atoms with van der Waals surface area (Å²) in [5.74, 6) is 0.380. The summed E-state index contributed by atoms with van der Waals surface area (Å²) in [6.07, 6.45) is -4.66. The lowest BCUT2D eigenvalue weighted by atomic mass is 10.1. The van der Waals surface area contributed by atoms with Crippen molar-refractivity contribution >= 4 is 32.7 Å². The van der Waals surface area contributed by atoms with Crippen molar-refractivity contribution in [2.24, 2.45) is 7.05 Å². The molecule has 7 nitrogen and oxygen atoms in total. The van der Waals surface area contributed by atoms with Crippen molar-refractivity contribution in [3.8, 4) is 11.4 Å². The van der Waals surface area contributed by atoms with E-state index in [0.29, 0.717) is 28.5 Å². The summed E-state index contributed by atoms with van der Waals surface area (Å²) in [6, 6.07) is 15.0. The molecule has 0 unspecified atom stereocenters. The molecule has 0 aliphatic rings. The zero-order valence-electron chi connectivity index (χ0n) is 18.0. The average molecular weight is 488 g/mol. The highest BCUT2D eigenvalue weighted by Gasteiger charge is 2.31. The summed E-state index contributed by atoms with van der Waals surface area (Å²) in [7, 11) is -0.920. The molecule has 3 aromatic carbocycles. The van der Waals surface area contributed by atoms with Crippen LogP contribution < -0.4 is 10.0 Å². The van der Waals surface area contributed by atoms with Gasteiger partial charge in [-0.1, -0.05) is 18.2 Å². The van der Waals surface area contributed by atoms with Gasteiger partial charge in [0.1, 0.15) is 5.82 Å². The molecule has 0 saturated carbocycles. The number of nitrogens with zero attached hydrogens (tertiary/aromatic N) is 2. The number of carbonyl (C=O) groups excluding carboxylic acids is 1. The van der Waals surface area contributed by atoms with Gasteiger partial charge in [0, 0.05) is 25.2 Å². The van der Waals surface area contributed by atoms with Crippen LogP contribution in [0.4, 0.5) is 18.9 Å². The number of hydrogen-bond donors (Lipinski definition) is 2. The van der Waals surface area contributed by atoms with Crippen LogP contribution >= 0.6 is 0 Å². The Morgan fingerprint density at radius 2 is 1.71 bits per heavy atom. The molecule has 0 aliphatic carbocycles. The van der Waals surface area contributed by atoms with Gasteiger partial charge in [-0.15, -0.1) is 0 Å². The first-order chi connectivity index (χ1) is 16.0. The number of imidazole rings is 1. The number of anilines is 1.